The van der Waals surface area contributed by atoms with Gasteiger partial charge in [0.25, 0.3) is 0 Å². The summed E-state index contributed by atoms with van der Waals surface area (Å²) in [6, 6.07) is 6.68. The lowest BCUT2D eigenvalue weighted by molar-refractivity contribution is -0.121. The molecule has 1 aliphatic heterocycles. The van der Waals surface area contributed by atoms with Gasteiger partial charge in [-0.1, -0.05) is 12.1 Å². The maximum absolute atomic E-state index is 12.9. The Morgan fingerprint density at radius 2 is 1.80 bits per heavy atom. The van der Waals surface area contributed by atoms with Gasteiger partial charge in [0, 0.05) is 26.7 Å². The van der Waals surface area contributed by atoms with Crippen LogP contribution < -0.4 is 5.32 Å². The molecule has 1 aromatic rings. The van der Waals surface area contributed by atoms with Gasteiger partial charge in [0.05, 0.1) is 6.54 Å². The number of halogens is 1. The minimum absolute atomic E-state index is 0.0667. The van der Waals surface area contributed by atoms with E-state index in [0.717, 1.165) is 44.7 Å². The fourth-order valence-corrected chi connectivity index (χ4v) is 2.47. The molecule has 1 heterocycles. The van der Waals surface area contributed by atoms with Gasteiger partial charge >= 0.3 is 0 Å². The number of carbonyl (C=O) groups is 1. The Morgan fingerprint density at radius 1 is 1.15 bits per heavy atom. The number of likely N-dealkylation sites (N-methyl/N-ethyl adjacent to an activating group) is 1. The molecular weight excluding hydrogens is 257 g/mol. The molecule has 0 radical (unpaired) electrons. The number of carbonyl (C=O) groups excluding carboxylic acids is 1. The normalized spacial score (nSPS) is 17.7. The first-order valence-corrected chi connectivity index (χ1v) is 7.07. The fourth-order valence-electron chi connectivity index (χ4n) is 2.47. The summed E-state index contributed by atoms with van der Waals surface area (Å²) in [5.41, 5.74) is 1.13. The molecule has 2 rings (SSSR count). The third-order valence-electron chi connectivity index (χ3n) is 3.65. The first-order valence-electron chi connectivity index (χ1n) is 7.07. The zero-order valence-electron chi connectivity index (χ0n) is 11.9. The van der Waals surface area contributed by atoms with Crippen molar-refractivity contribution in [3.63, 3.8) is 0 Å². The average molecular weight is 279 g/mol. The molecule has 4 nitrogen and oxygen atoms in total. The standard InChI is InChI=1S/C15H22FN3O/c1-17-15(20)12-19-8-2-7-18(9-10-19)11-13-3-5-14(16)6-4-13/h3-6H,2,7-12H2,1H3,(H,17,20). The topological polar surface area (TPSA) is 35.6 Å². The number of nitrogens with zero attached hydrogens (tertiary/aromatic N) is 2. The van der Waals surface area contributed by atoms with Crippen LogP contribution in [0.15, 0.2) is 24.3 Å². The van der Waals surface area contributed by atoms with Crippen LogP contribution in [0.1, 0.15) is 12.0 Å². The predicted octanol–water partition coefficient (Wildman–Crippen LogP) is 1.08. The van der Waals surface area contributed by atoms with Crippen LogP contribution in [0.5, 0.6) is 0 Å². The summed E-state index contributed by atoms with van der Waals surface area (Å²) in [6.45, 7) is 5.12. The van der Waals surface area contributed by atoms with Gasteiger partial charge in [0.2, 0.25) is 5.91 Å². The minimum Gasteiger partial charge on any atom is -0.358 e. The van der Waals surface area contributed by atoms with E-state index in [4.69, 9.17) is 0 Å². The highest BCUT2D eigenvalue weighted by atomic mass is 19.1. The number of nitrogens with one attached hydrogen (secondary N) is 1. The van der Waals surface area contributed by atoms with Crippen molar-refractivity contribution < 1.29 is 9.18 Å². The SMILES string of the molecule is CNC(=O)CN1CCCN(Cc2ccc(F)cc2)CC1. The molecule has 0 bridgehead atoms. The summed E-state index contributed by atoms with van der Waals surface area (Å²) in [4.78, 5) is 15.9. The lowest BCUT2D eigenvalue weighted by Crippen LogP contribution is -2.37. The van der Waals surface area contributed by atoms with Crippen LogP contribution >= 0.6 is 0 Å². The van der Waals surface area contributed by atoms with E-state index in [-0.39, 0.29) is 11.7 Å². The molecular formula is C15H22FN3O. The van der Waals surface area contributed by atoms with E-state index in [2.05, 4.69) is 15.1 Å². The van der Waals surface area contributed by atoms with E-state index in [9.17, 15) is 9.18 Å². The summed E-state index contributed by atoms with van der Waals surface area (Å²) in [5.74, 6) is -0.127. The molecule has 0 aliphatic carbocycles. The summed E-state index contributed by atoms with van der Waals surface area (Å²) in [6.07, 6.45) is 1.05. The van der Waals surface area contributed by atoms with Crippen LogP contribution in [0.25, 0.3) is 0 Å². The van der Waals surface area contributed by atoms with Crippen LogP contribution in [0.4, 0.5) is 4.39 Å². The first kappa shape index (κ1) is 14.9. The van der Waals surface area contributed by atoms with E-state index in [1.54, 1.807) is 7.05 Å². The molecule has 0 unspecified atom stereocenters. The molecule has 1 saturated heterocycles. The number of benzene rings is 1. The van der Waals surface area contributed by atoms with E-state index >= 15 is 0 Å². The van der Waals surface area contributed by atoms with Crippen LogP contribution in [-0.2, 0) is 11.3 Å². The van der Waals surface area contributed by atoms with Gasteiger partial charge in [0.15, 0.2) is 0 Å². The molecule has 1 N–H and O–H groups in total. The predicted molar refractivity (Wildman–Crippen MR) is 76.8 cm³/mol. The summed E-state index contributed by atoms with van der Waals surface area (Å²) < 4.78 is 12.9. The Labute approximate surface area is 119 Å². The molecule has 110 valence electrons. The summed E-state index contributed by atoms with van der Waals surface area (Å²) >= 11 is 0. The highest BCUT2D eigenvalue weighted by Gasteiger charge is 2.16. The van der Waals surface area contributed by atoms with E-state index in [1.165, 1.54) is 12.1 Å². The Morgan fingerprint density at radius 3 is 2.50 bits per heavy atom. The van der Waals surface area contributed by atoms with E-state index < -0.39 is 0 Å². The zero-order valence-corrected chi connectivity index (χ0v) is 11.9. The van der Waals surface area contributed by atoms with Crippen LogP contribution in [0, 0.1) is 5.82 Å². The van der Waals surface area contributed by atoms with E-state index in [0.29, 0.717) is 6.54 Å². The molecule has 1 aromatic carbocycles. The summed E-state index contributed by atoms with van der Waals surface area (Å²) in [7, 11) is 1.67. The third-order valence-corrected chi connectivity index (χ3v) is 3.65. The third kappa shape index (κ3) is 4.58. The van der Waals surface area contributed by atoms with Crippen molar-refractivity contribution in [2.75, 3.05) is 39.8 Å². The van der Waals surface area contributed by atoms with Crippen molar-refractivity contribution in [1.82, 2.24) is 15.1 Å². The quantitative estimate of drug-likeness (QED) is 0.896. The Bertz CT molecular complexity index is 435. The Hall–Kier alpha value is -1.46. The second-order valence-corrected chi connectivity index (χ2v) is 5.21. The van der Waals surface area contributed by atoms with E-state index in [1.807, 2.05) is 12.1 Å². The van der Waals surface area contributed by atoms with Crippen molar-refractivity contribution >= 4 is 5.91 Å². The lowest BCUT2D eigenvalue weighted by atomic mass is 10.2. The molecule has 20 heavy (non-hydrogen) atoms. The largest absolute Gasteiger partial charge is 0.358 e. The zero-order chi connectivity index (χ0) is 14.4. The highest BCUT2D eigenvalue weighted by Crippen LogP contribution is 2.10. The highest BCUT2D eigenvalue weighted by molar-refractivity contribution is 5.77. The Balaban J connectivity index is 1.83. The molecule has 0 aromatic heterocycles. The maximum Gasteiger partial charge on any atom is 0.233 e. The van der Waals surface area contributed by atoms with Gasteiger partial charge in [-0.05, 0) is 37.2 Å². The average Bonchev–Trinajstić information content (AvgIpc) is 2.67. The van der Waals surface area contributed by atoms with Crippen molar-refractivity contribution in [2.24, 2.45) is 0 Å². The van der Waals surface area contributed by atoms with Gasteiger partial charge in [-0.2, -0.15) is 0 Å². The molecule has 1 fully saturated rings. The molecule has 1 aliphatic rings. The second kappa shape index (κ2) is 7.36. The van der Waals surface area contributed by atoms with Gasteiger partial charge in [-0.15, -0.1) is 0 Å². The first-order chi connectivity index (χ1) is 9.67. The number of hydrogen-bond donors (Lipinski definition) is 1. The lowest BCUT2D eigenvalue weighted by Gasteiger charge is -2.21. The summed E-state index contributed by atoms with van der Waals surface area (Å²) in [5, 5.41) is 2.66. The Kier molecular flexibility index (Phi) is 5.49. The molecule has 0 atom stereocenters. The van der Waals surface area contributed by atoms with Gasteiger partial charge < -0.3 is 5.32 Å². The molecule has 1 amide bonds. The van der Waals surface area contributed by atoms with Gasteiger partial charge in [0.1, 0.15) is 5.82 Å². The number of rotatable bonds is 4. The van der Waals surface area contributed by atoms with Crippen LogP contribution in [0.2, 0.25) is 0 Å². The second-order valence-electron chi connectivity index (χ2n) is 5.21. The van der Waals surface area contributed by atoms with Gasteiger partial charge in [-0.25, -0.2) is 4.39 Å². The fraction of sp³-hybridized carbons (Fsp3) is 0.533. The van der Waals surface area contributed by atoms with Crippen molar-refractivity contribution in [2.45, 2.75) is 13.0 Å². The maximum atomic E-state index is 12.9. The van der Waals surface area contributed by atoms with Crippen LogP contribution in [-0.4, -0.2) is 55.5 Å². The number of hydrogen-bond acceptors (Lipinski definition) is 3. The monoisotopic (exact) mass is 279 g/mol. The minimum atomic E-state index is -0.193. The van der Waals surface area contributed by atoms with Crippen molar-refractivity contribution in [3.05, 3.63) is 35.6 Å². The smallest absolute Gasteiger partial charge is 0.233 e. The molecule has 5 heteroatoms. The number of amides is 1. The molecule has 0 spiro atoms. The van der Waals surface area contributed by atoms with Crippen molar-refractivity contribution in [1.29, 1.82) is 0 Å². The van der Waals surface area contributed by atoms with Gasteiger partial charge in [-0.3, -0.25) is 14.6 Å². The van der Waals surface area contributed by atoms with Crippen LogP contribution in [0.3, 0.4) is 0 Å². The van der Waals surface area contributed by atoms with Crippen molar-refractivity contribution in [3.8, 4) is 0 Å². The molecule has 0 saturated carbocycles.